The molecule has 4 nitrogen and oxygen atoms in total. The van der Waals surface area contributed by atoms with Crippen LogP contribution >= 0.6 is 0 Å². The SMILES string of the molecule is CCc1noc([C@@H](C)N(C)Cc2ccc(F)cc2)n1. The van der Waals surface area contributed by atoms with Gasteiger partial charge in [-0.2, -0.15) is 4.98 Å². The Bertz CT molecular complexity index is 524. The van der Waals surface area contributed by atoms with Crippen molar-refractivity contribution in [3.05, 3.63) is 47.4 Å². The summed E-state index contributed by atoms with van der Waals surface area (Å²) in [7, 11) is 1.98. The molecule has 0 radical (unpaired) electrons. The molecule has 19 heavy (non-hydrogen) atoms. The summed E-state index contributed by atoms with van der Waals surface area (Å²) in [6.07, 6.45) is 0.762. The highest BCUT2D eigenvalue weighted by Gasteiger charge is 2.18. The summed E-state index contributed by atoms with van der Waals surface area (Å²) in [4.78, 5) is 6.41. The summed E-state index contributed by atoms with van der Waals surface area (Å²) in [5, 5.41) is 3.89. The standard InChI is InChI=1S/C14H18FN3O/c1-4-13-16-14(19-17-13)10(2)18(3)9-11-5-7-12(15)8-6-11/h5-8,10H,4,9H2,1-3H3/t10-/m1/s1. The van der Waals surface area contributed by atoms with E-state index in [0.717, 1.165) is 17.8 Å². The van der Waals surface area contributed by atoms with Gasteiger partial charge < -0.3 is 4.52 Å². The average Bonchev–Trinajstić information content (AvgIpc) is 2.89. The summed E-state index contributed by atoms with van der Waals surface area (Å²) < 4.78 is 18.1. The van der Waals surface area contributed by atoms with Crippen molar-refractivity contribution >= 4 is 0 Å². The van der Waals surface area contributed by atoms with Gasteiger partial charge in [-0.1, -0.05) is 24.2 Å². The van der Waals surface area contributed by atoms with Crippen LogP contribution in [-0.2, 0) is 13.0 Å². The lowest BCUT2D eigenvalue weighted by atomic mass is 10.2. The van der Waals surface area contributed by atoms with E-state index in [4.69, 9.17) is 4.52 Å². The maximum Gasteiger partial charge on any atom is 0.243 e. The maximum atomic E-state index is 12.8. The van der Waals surface area contributed by atoms with Crippen LogP contribution in [0.1, 0.15) is 37.2 Å². The van der Waals surface area contributed by atoms with Gasteiger partial charge in [0.1, 0.15) is 5.82 Å². The fraction of sp³-hybridized carbons (Fsp3) is 0.429. The molecule has 5 heteroatoms. The van der Waals surface area contributed by atoms with Gasteiger partial charge in [-0.05, 0) is 31.7 Å². The number of aromatic nitrogens is 2. The number of hydrogen-bond acceptors (Lipinski definition) is 4. The number of rotatable bonds is 5. The normalized spacial score (nSPS) is 12.9. The lowest BCUT2D eigenvalue weighted by molar-refractivity contribution is 0.202. The third-order valence-corrected chi connectivity index (χ3v) is 3.16. The molecule has 0 fully saturated rings. The quantitative estimate of drug-likeness (QED) is 0.831. The number of halogens is 1. The van der Waals surface area contributed by atoms with Crippen LogP contribution < -0.4 is 0 Å². The molecule has 2 aromatic rings. The Balaban J connectivity index is 2.02. The van der Waals surface area contributed by atoms with Crippen molar-refractivity contribution in [3.8, 4) is 0 Å². The zero-order valence-electron chi connectivity index (χ0n) is 11.4. The van der Waals surface area contributed by atoms with Crippen LogP contribution in [0.2, 0.25) is 0 Å². The molecule has 0 bridgehead atoms. The number of benzene rings is 1. The number of aryl methyl sites for hydroxylation is 1. The molecule has 0 spiro atoms. The van der Waals surface area contributed by atoms with Crippen LogP contribution in [0.15, 0.2) is 28.8 Å². The van der Waals surface area contributed by atoms with E-state index in [1.165, 1.54) is 12.1 Å². The minimum atomic E-state index is -0.219. The average molecular weight is 263 g/mol. The van der Waals surface area contributed by atoms with E-state index in [1.807, 2.05) is 20.9 Å². The molecule has 0 aliphatic carbocycles. The Kier molecular flexibility index (Phi) is 4.27. The molecule has 102 valence electrons. The lowest BCUT2D eigenvalue weighted by Gasteiger charge is -2.21. The van der Waals surface area contributed by atoms with Crippen LogP contribution in [0.4, 0.5) is 4.39 Å². The second-order valence-electron chi connectivity index (χ2n) is 4.62. The van der Waals surface area contributed by atoms with Crippen molar-refractivity contribution in [1.29, 1.82) is 0 Å². The minimum absolute atomic E-state index is 0.0258. The van der Waals surface area contributed by atoms with Crippen molar-refractivity contribution in [1.82, 2.24) is 15.0 Å². The van der Waals surface area contributed by atoms with Crippen LogP contribution in [0, 0.1) is 5.82 Å². The highest BCUT2D eigenvalue weighted by Crippen LogP contribution is 2.19. The third-order valence-electron chi connectivity index (χ3n) is 3.16. The molecule has 0 aliphatic heterocycles. The monoisotopic (exact) mass is 263 g/mol. The first-order chi connectivity index (χ1) is 9.10. The van der Waals surface area contributed by atoms with Crippen molar-refractivity contribution in [2.75, 3.05) is 7.05 Å². The lowest BCUT2D eigenvalue weighted by Crippen LogP contribution is -2.22. The molecule has 0 amide bonds. The Morgan fingerprint density at radius 2 is 2.00 bits per heavy atom. The molecule has 0 aliphatic rings. The fourth-order valence-electron chi connectivity index (χ4n) is 1.78. The molecule has 1 atom stereocenters. The Morgan fingerprint density at radius 1 is 1.32 bits per heavy atom. The van der Waals surface area contributed by atoms with Gasteiger partial charge in [0.05, 0.1) is 6.04 Å². The maximum absolute atomic E-state index is 12.8. The molecule has 0 unspecified atom stereocenters. The molecule has 0 saturated carbocycles. The molecular formula is C14H18FN3O. The van der Waals surface area contributed by atoms with Gasteiger partial charge in [-0.3, -0.25) is 4.90 Å². The van der Waals surface area contributed by atoms with Gasteiger partial charge in [0.15, 0.2) is 5.82 Å². The number of nitrogens with zero attached hydrogens (tertiary/aromatic N) is 3. The van der Waals surface area contributed by atoms with Crippen LogP contribution in [0.25, 0.3) is 0 Å². The Labute approximate surface area is 112 Å². The fourth-order valence-corrected chi connectivity index (χ4v) is 1.78. The van der Waals surface area contributed by atoms with E-state index >= 15 is 0 Å². The van der Waals surface area contributed by atoms with Crippen LogP contribution in [-0.4, -0.2) is 22.1 Å². The van der Waals surface area contributed by atoms with E-state index in [0.29, 0.717) is 12.4 Å². The highest BCUT2D eigenvalue weighted by atomic mass is 19.1. The summed E-state index contributed by atoms with van der Waals surface area (Å²) in [6.45, 7) is 4.70. The van der Waals surface area contributed by atoms with E-state index in [2.05, 4.69) is 15.0 Å². The largest absolute Gasteiger partial charge is 0.338 e. The predicted molar refractivity (Wildman–Crippen MR) is 70.0 cm³/mol. The first-order valence-electron chi connectivity index (χ1n) is 6.37. The molecule has 0 N–H and O–H groups in total. The molecule has 0 saturated heterocycles. The second kappa shape index (κ2) is 5.93. The highest BCUT2D eigenvalue weighted by molar-refractivity contribution is 5.16. The summed E-state index contributed by atoms with van der Waals surface area (Å²) in [5.41, 5.74) is 1.05. The zero-order valence-corrected chi connectivity index (χ0v) is 11.4. The van der Waals surface area contributed by atoms with E-state index in [1.54, 1.807) is 12.1 Å². The van der Waals surface area contributed by atoms with E-state index in [-0.39, 0.29) is 11.9 Å². The van der Waals surface area contributed by atoms with Gasteiger partial charge >= 0.3 is 0 Å². The summed E-state index contributed by atoms with van der Waals surface area (Å²) in [6, 6.07) is 6.52. The minimum Gasteiger partial charge on any atom is -0.338 e. The topological polar surface area (TPSA) is 42.2 Å². The van der Waals surface area contributed by atoms with Gasteiger partial charge in [0.2, 0.25) is 5.89 Å². The zero-order chi connectivity index (χ0) is 13.8. The second-order valence-corrected chi connectivity index (χ2v) is 4.62. The van der Waals surface area contributed by atoms with Crippen molar-refractivity contribution in [2.45, 2.75) is 32.9 Å². The molecule has 2 rings (SSSR count). The van der Waals surface area contributed by atoms with Gasteiger partial charge in [0.25, 0.3) is 0 Å². The molecule has 1 heterocycles. The van der Waals surface area contributed by atoms with E-state index < -0.39 is 0 Å². The Hall–Kier alpha value is -1.75. The summed E-state index contributed by atoms with van der Waals surface area (Å²) in [5.74, 6) is 1.11. The van der Waals surface area contributed by atoms with Gasteiger partial charge in [-0.15, -0.1) is 0 Å². The van der Waals surface area contributed by atoms with Gasteiger partial charge in [-0.25, -0.2) is 4.39 Å². The van der Waals surface area contributed by atoms with Crippen LogP contribution in [0.3, 0.4) is 0 Å². The third kappa shape index (κ3) is 3.38. The number of hydrogen-bond donors (Lipinski definition) is 0. The Morgan fingerprint density at radius 3 is 2.58 bits per heavy atom. The molecule has 1 aromatic heterocycles. The predicted octanol–water partition coefficient (Wildman–Crippen LogP) is 2.96. The van der Waals surface area contributed by atoms with Gasteiger partial charge in [0, 0.05) is 13.0 Å². The van der Waals surface area contributed by atoms with Crippen LogP contribution in [0.5, 0.6) is 0 Å². The molecule has 1 aromatic carbocycles. The van der Waals surface area contributed by atoms with E-state index in [9.17, 15) is 4.39 Å². The first kappa shape index (κ1) is 13.7. The van der Waals surface area contributed by atoms with Crippen molar-refractivity contribution < 1.29 is 8.91 Å². The smallest absolute Gasteiger partial charge is 0.243 e. The van der Waals surface area contributed by atoms with Crippen molar-refractivity contribution in [2.24, 2.45) is 0 Å². The first-order valence-corrected chi connectivity index (χ1v) is 6.37. The summed E-state index contributed by atoms with van der Waals surface area (Å²) >= 11 is 0. The molecular weight excluding hydrogens is 245 g/mol. The van der Waals surface area contributed by atoms with Crippen molar-refractivity contribution in [3.63, 3.8) is 0 Å².